The van der Waals surface area contributed by atoms with Crippen molar-refractivity contribution in [2.45, 2.75) is 33.4 Å². The number of amides is 1. The second-order valence-electron chi connectivity index (χ2n) is 6.48. The third kappa shape index (κ3) is 3.63. The Bertz CT molecular complexity index is 974. The summed E-state index contributed by atoms with van der Waals surface area (Å²) in [5, 5.41) is 3.69. The summed E-state index contributed by atoms with van der Waals surface area (Å²) >= 11 is 0. The molecule has 1 amide bonds. The number of aryl methyl sites for hydroxylation is 2. The molecule has 0 saturated carbocycles. The molecule has 0 spiro atoms. The molecular formula is C21H22N2O2. The maximum Gasteiger partial charge on any atom is 0.240 e. The number of hydrogen-bond acceptors (Lipinski definition) is 2. The van der Waals surface area contributed by atoms with Gasteiger partial charge in [0.1, 0.15) is 6.54 Å². The normalized spacial score (nSPS) is 12.1. The number of carbonyl (C=O) groups excluding carboxylic acids is 1. The van der Waals surface area contributed by atoms with Gasteiger partial charge in [0.05, 0.1) is 11.6 Å². The molecule has 1 atom stereocenters. The van der Waals surface area contributed by atoms with Crippen LogP contribution in [0.15, 0.2) is 59.5 Å². The van der Waals surface area contributed by atoms with Crippen LogP contribution in [-0.2, 0) is 11.3 Å². The van der Waals surface area contributed by atoms with Gasteiger partial charge in [0, 0.05) is 17.6 Å². The van der Waals surface area contributed by atoms with Crippen molar-refractivity contribution >= 4 is 16.8 Å². The summed E-state index contributed by atoms with van der Waals surface area (Å²) in [6.45, 7) is 6.06. The van der Waals surface area contributed by atoms with E-state index >= 15 is 0 Å². The Morgan fingerprint density at radius 2 is 1.84 bits per heavy atom. The number of nitrogens with one attached hydrogen (secondary N) is 1. The van der Waals surface area contributed by atoms with Crippen molar-refractivity contribution in [1.29, 1.82) is 0 Å². The van der Waals surface area contributed by atoms with Crippen LogP contribution >= 0.6 is 0 Å². The van der Waals surface area contributed by atoms with E-state index in [9.17, 15) is 9.59 Å². The van der Waals surface area contributed by atoms with Gasteiger partial charge in [0.25, 0.3) is 0 Å². The van der Waals surface area contributed by atoms with Crippen LogP contribution in [0.2, 0.25) is 0 Å². The quantitative estimate of drug-likeness (QED) is 0.794. The second-order valence-corrected chi connectivity index (χ2v) is 6.48. The van der Waals surface area contributed by atoms with E-state index in [1.165, 1.54) is 6.07 Å². The lowest BCUT2D eigenvalue weighted by Gasteiger charge is -2.17. The highest BCUT2D eigenvalue weighted by Gasteiger charge is 2.12. The van der Waals surface area contributed by atoms with E-state index in [0.717, 1.165) is 22.2 Å². The number of fused-ring (bicyclic) bond motifs is 1. The number of carbonyl (C=O) groups is 1. The number of aromatic nitrogens is 1. The molecule has 2 aromatic carbocycles. The average molecular weight is 334 g/mol. The van der Waals surface area contributed by atoms with E-state index < -0.39 is 0 Å². The first-order valence-electron chi connectivity index (χ1n) is 8.40. The Morgan fingerprint density at radius 1 is 1.12 bits per heavy atom. The highest BCUT2D eigenvalue weighted by molar-refractivity contribution is 5.85. The minimum atomic E-state index is -0.0829. The molecule has 0 fully saturated rings. The molecule has 128 valence electrons. The number of benzene rings is 2. The van der Waals surface area contributed by atoms with E-state index in [1.807, 2.05) is 67.8 Å². The zero-order valence-electron chi connectivity index (χ0n) is 14.7. The van der Waals surface area contributed by atoms with Gasteiger partial charge in [-0.1, -0.05) is 36.4 Å². The topological polar surface area (TPSA) is 51.1 Å². The first kappa shape index (κ1) is 17.0. The van der Waals surface area contributed by atoms with Crippen molar-refractivity contribution in [3.63, 3.8) is 0 Å². The predicted molar refractivity (Wildman–Crippen MR) is 101 cm³/mol. The van der Waals surface area contributed by atoms with Crippen molar-refractivity contribution in [2.24, 2.45) is 0 Å². The molecule has 25 heavy (non-hydrogen) atoms. The van der Waals surface area contributed by atoms with Crippen molar-refractivity contribution in [2.75, 3.05) is 0 Å². The SMILES string of the molecule is Cc1cc(C)c2c(=O)ccn(CC(=O)N[C@H](C)c3ccccc3)c2c1. The van der Waals surface area contributed by atoms with Gasteiger partial charge in [-0.05, 0) is 43.5 Å². The van der Waals surface area contributed by atoms with Crippen LogP contribution in [0.3, 0.4) is 0 Å². The van der Waals surface area contributed by atoms with E-state index in [1.54, 1.807) is 6.20 Å². The van der Waals surface area contributed by atoms with Gasteiger partial charge >= 0.3 is 0 Å². The molecule has 0 saturated heterocycles. The number of nitrogens with zero attached hydrogens (tertiary/aromatic N) is 1. The van der Waals surface area contributed by atoms with Crippen LogP contribution in [0.25, 0.3) is 10.9 Å². The van der Waals surface area contributed by atoms with Crippen molar-refractivity contribution in [3.8, 4) is 0 Å². The van der Waals surface area contributed by atoms with Crippen molar-refractivity contribution < 1.29 is 4.79 Å². The van der Waals surface area contributed by atoms with Gasteiger partial charge in [-0.15, -0.1) is 0 Å². The Morgan fingerprint density at radius 3 is 2.56 bits per heavy atom. The number of hydrogen-bond donors (Lipinski definition) is 1. The summed E-state index contributed by atoms with van der Waals surface area (Å²) < 4.78 is 1.84. The van der Waals surface area contributed by atoms with E-state index in [4.69, 9.17) is 0 Å². The molecule has 3 rings (SSSR count). The van der Waals surface area contributed by atoms with Gasteiger partial charge < -0.3 is 9.88 Å². The van der Waals surface area contributed by atoms with E-state index in [2.05, 4.69) is 5.32 Å². The summed E-state index contributed by atoms with van der Waals surface area (Å²) in [5.74, 6) is -0.0829. The maximum absolute atomic E-state index is 12.5. The zero-order chi connectivity index (χ0) is 18.0. The maximum atomic E-state index is 12.5. The molecule has 3 aromatic rings. The third-order valence-electron chi connectivity index (χ3n) is 4.41. The molecule has 1 N–H and O–H groups in total. The first-order chi connectivity index (χ1) is 12.0. The standard InChI is InChI=1S/C21H22N2O2/c1-14-11-15(2)21-18(12-14)23(10-9-19(21)24)13-20(25)22-16(3)17-7-5-4-6-8-17/h4-12,16H,13H2,1-3H3,(H,22,25)/t16-/m1/s1. The Balaban J connectivity index is 1.87. The largest absolute Gasteiger partial charge is 0.348 e. The Kier molecular flexibility index (Phi) is 4.70. The fourth-order valence-electron chi connectivity index (χ4n) is 3.22. The Hall–Kier alpha value is -2.88. The lowest BCUT2D eigenvalue weighted by molar-refractivity contribution is -0.122. The van der Waals surface area contributed by atoms with Crippen LogP contribution in [0.1, 0.15) is 29.7 Å². The van der Waals surface area contributed by atoms with Gasteiger partial charge in [-0.3, -0.25) is 9.59 Å². The summed E-state index contributed by atoms with van der Waals surface area (Å²) in [5.41, 5.74) is 3.86. The molecule has 0 bridgehead atoms. The minimum Gasteiger partial charge on any atom is -0.348 e. The minimum absolute atomic E-state index is 0.0122. The number of pyridine rings is 1. The van der Waals surface area contributed by atoms with E-state index in [-0.39, 0.29) is 23.9 Å². The van der Waals surface area contributed by atoms with Crippen molar-refractivity contribution in [3.05, 3.63) is 81.6 Å². The molecule has 0 radical (unpaired) electrons. The summed E-state index contributed by atoms with van der Waals surface area (Å²) in [6.07, 6.45) is 1.69. The lowest BCUT2D eigenvalue weighted by Crippen LogP contribution is -2.30. The van der Waals surface area contributed by atoms with Gasteiger partial charge in [-0.2, -0.15) is 0 Å². The molecule has 0 aliphatic rings. The fraction of sp³-hybridized carbons (Fsp3) is 0.238. The molecule has 0 unspecified atom stereocenters. The monoisotopic (exact) mass is 334 g/mol. The highest BCUT2D eigenvalue weighted by Crippen LogP contribution is 2.18. The molecule has 1 aromatic heterocycles. The van der Waals surface area contributed by atoms with Gasteiger partial charge in [-0.25, -0.2) is 0 Å². The first-order valence-corrected chi connectivity index (χ1v) is 8.40. The van der Waals surface area contributed by atoms with Crippen LogP contribution in [0.5, 0.6) is 0 Å². The summed E-state index contributed by atoms with van der Waals surface area (Å²) in [4.78, 5) is 24.7. The third-order valence-corrected chi connectivity index (χ3v) is 4.41. The molecule has 0 aliphatic carbocycles. The molecule has 0 aliphatic heterocycles. The van der Waals surface area contributed by atoms with Crippen LogP contribution in [-0.4, -0.2) is 10.5 Å². The lowest BCUT2D eigenvalue weighted by atomic mass is 10.1. The van der Waals surface area contributed by atoms with Crippen LogP contribution in [0, 0.1) is 13.8 Å². The Labute approximate surface area is 147 Å². The van der Waals surface area contributed by atoms with Crippen molar-refractivity contribution in [1.82, 2.24) is 9.88 Å². The smallest absolute Gasteiger partial charge is 0.240 e. The average Bonchev–Trinajstić information content (AvgIpc) is 2.57. The molecule has 4 heteroatoms. The van der Waals surface area contributed by atoms with E-state index in [0.29, 0.717) is 5.39 Å². The summed E-state index contributed by atoms with van der Waals surface area (Å²) in [6, 6.07) is 15.3. The zero-order valence-corrected chi connectivity index (χ0v) is 14.7. The van der Waals surface area contributed by atoms with Crippen LogP contribution in [0.4, 0.5) is 0 Å². The highest BCUT2D eigenvalue weighted by atomic mass is 16.2. The predicted octanol–water partition coefficient (Wildman–Crippen LogP) is 3.50. The van der Waals surface area contributed by atoms with Gasteiger partial charge in [0.2, 0.25) is 5.91 Å². The molecular weight excluding hydrogens is 312 g/mol. The second kappa shape index (κ2) is 6.93. The van der Waals surface area contributed by atoms with Gasteiger partial charge in [0.15, 0.2) is 5.43 Å². The fourth-order valence-corrected chi connectivity index (χ4v) is 3.22. The molecule has 1 heterocycles. The summed E-state index contributed by atoms with van der Waals surface area (Å²) in [7, 11) is 0. The van der Waals surface area contributed by atoms with Crippen LogP contribution < -0.4 is 10.7 Å². The molecule has 4 nitrogen and oxygen atoms in total. The number of rotatable bonds is 4.